The number of aryl methyl sites for hydroxylation is 4. The van der Waals surface area contributed by atoms with Crippen LogP contribution in [0.3, 0.4) is 0 Å². The maximum Gasteiger partial charge on any atom is 0.534 e. The van der Waals surface area contributed by atoms with E-state index in [9.17, 15) is 94.7 Å². The molecule has 3 atom stereocenters. The minimum Gasteiger partial charge on any atom is -0.481 e. The Bertz CT molecular complexity index is 5350. The number of carboxylic acid groups (broad SMARTS) is 1. The number of para-hydroxylation sites is 1. The second kappa shape index (κ2) is 76.8. The van der Waals surface area contributed by atoms with Gasteiger partial charge in [-0.25, -0.2) is 32.6 Å². The van der Waals surface area contributed by atoms with Gasteiger partial charge in [0.1, 0.15) is 33.9 Å². The lowest BCUT2D eigenvalue weighted by molar-refractivity contribution is -0.197. The number of urea groups is 1. The van der Waals surface area contributed by atoms with Gasteiger partial charge in [-0.15, -0.1) is 10.2 Å². The third kappa shape index (κ3) is 58.6. The Morgan fingerprint density at radius 3 is 1.47 bits per heavy atom. The Morgan fingerprint density at radius 1 is 0.564 bits per heavy atom. The Kier molecular flexibility index (Phi) is 69.8. The number of thioether (sulfide) groups is 1. The van der Waals surface area contributed by atoms with Crippen molar-refractivity contribution in [1.29, 1.82) is 0 Å². The highest BCUT2D eigenvalue weighted by Gasteiger charge is 2.42. The molecule has 820 valence electrons. The zero-order valence-corrected chi connectivity index (χ0v) is 92.2. The molecular formula is C105H149N11O30S2Si. The third-order valence-corrected chi connectivity index (χ3v) is 24.8. The number of aldehydes is 1. The molecule has 11 amide bonds. The van der Waals surface area contributed by atoms with Crippen molar-refractivity contribution in [3.63, 3.8) is 0 Å². The number of nitrogens with zero attached hydrogens (tertiary/aromatic N) is 8. The summed E-state index contributed by atoms with van der Waals surface area (Å²) in [5.74, 6) is -3.07. The number of benzene rings is 5. The second-order valence-corrected chi connectivity index (χ2v) is 38.7. The number of amides is 11. The average molecular weight is 2140 g/mol. The van der Waals surface area contributed by atoms with E-state index in [0.717, 1.165) is 95.0 Å². The van der Waals surface area contributed by atoms with Crippen LogP contribution < -0.4 is 20.8 Å². The van der Waals surface area contributed by atoms with E-state index < -0.39 is 48.6 Å². The molecule has 44 heteroatoms. The van der Waals surface area contributed by atoms with Crippen LogP contribution in [0.1, 0.15) is 245 Å². The topological polar surface area (TPSA) is 537 Å². The smallest absolute Gasteiger partial charge is 0.481 e. The van der Waals surface area contributed by atoms with Crippen LogP contribution in [-0.4, -0.2) is 269 Å². The van der Waals surface area contributed by atoms with E-state index >= 15 is 0 Å². The molecule has 2 aromatic heterocycles. The summed E-state index contributed by atoms with van der Waals surface area (Å²) in [5.41, 5.74) is 7.99. The zero-order valence-electron chi connectivity index (χ0n) is 89.5. The average Bonchev–Trinajstić information content (AvgIpc) is 1.65. The lowest BCUT2D eigenvalue weighted by atomic mass is 9.96. The summed E-state index contributed by atoms with van der Waals surface area (Å²) < 4.78 is 57.3. The fourth-order valence-corrected chi connectivity index (χ4v) is 16.2. The Balaban J connectivity index is 0.00000160. The highest BCUT2D eigenvalue weighted by Crippen LogP contribution is 2.33. The molecule has 7 aromatic rings. The number of aliphatic carboxylic acids is 1. The van der Waals surface area contributed by atoms with Gasteiger partial charge in [-0.1, -0.05) is 126 Å². The van der Waals surface area contributed by atoms with E-state index in [4.69, 9.17) is 32.7 Å². The number of imide groups is 4. The first-order chi connectivity index (χ1) is 70.5. The molecule has 1 aliphatic carbocycles. The molecule has 1 unspecified atom stereocenters. The van der Waals surface area contributed by atoms with Gasteiger partial charge in [0.25, 0.3) is 35.4 Å². The molecule has 0 spiro atoms. The number of pyridine rings is 1. The van der Waals surface area contributed by atoms with Crippen LogP contribution in [0, 0.1) is 33.6 Å². The number of carbonyl (C=O) groups excluding carboxylic acids is 17. The number of likely N-dealkylation sites (tertiary alicyclic amines) is 1. The van der Waals surface area contributed by atoms with Crippen LogP contribution in [0.4, 0.5) is 9.59 Å². The van der Waals surface area contributed by atoms with Crippen LogP contribution in [0.5, 0.6) is 0 Å². The van der Waals surface area contributed by atoms with Crippen LogP contribution in [0.25, 0.3) is 11.0 Å². The number of ether oxygens (including phenoxy) is 4. The number of hydrogen-bond donors (Lipinski definition) is 4. The molecule has 41 nitrogen and oxygen atoms in total. The van der Waals surface area contributed by atoms with Gasteiger partial charge in [0.15, 0.2) is 21.2 Å². The lowest BCUT2D eigenvalue weighted by Crippen LogP contribution is -2.42. The van der Waals surface area contributed by atoms with Crippen LogP contribution in [0.2, 0.25) is 6.55 Å². The van der Waals surface area contributed by atoms with Crippen molar-refractivity contribution in [3.05, 3.63) is 197 Å². The maximum atomic E-state index is 11.3. The maximum absolute atomic E-state index is 11.3. The van der Waals surface area contributed by atoms with Crippen molar-refractivity contribution < 1.29 is 142 Å². The van der Waals surface area contributed by atoms with Crippen molar-refractivity contribution in [1.82, 2.24) is 55.9 Å². The van der Waals surface area contributed by atoms with E-state index in [1.807, 2.05) is 85.3 Å². The van der Waals surface area contributed by atoms with E-state index in [1.165, 1.54) is 103 Å². The Morgan fingerprint density at radius 2 is 1.06 bits per heavy atom. The molecule has 4 N–H and O–H groups in total. The van der Waals surface area contributed by atoms with Crippen LogP contribution in [-0.2, 0) is 109 Å². The predicted molar refractivity (Wildman–Crippen MR) is 560 cm³/mol. The van der Waals surface area contributed by atoms with Gasteiger partial charge in [-0.3, -0.25) is 72.3 Å². The monoisotopic (exact) mass is 2140 g/mol. The standard InChI is InChI=1S/C12H21N3O2.C10H13NO5.C9H7NO2.C9H12.C8H7N3O3.C8H10O2S.C8H8O2.C7H7NOS.C7H18O3Si.C7H16O2.C6H10O3.C5H7NO2.C5H5NO2.C4H8O/c1-13-10(16)5-3-2-4-8-6-7-9-11(8)15-12(17)14-9;1-7(12)3-2-4-10(15)16-11-8(13)5-6-9(11)14;1-10-8(11)6-4-2-3-5-7(6)9(10)12;1-7-4-8(2)6-9(3)5-7;1-13-8(12)14-11-7-5-3-2-4-6(7)9-10-11;1-7-3-5-8(6-4-7)11(2,9)10;1-10-8(9)7-5-3-2-4-6-7;1-6(9)10-7-4-2-3-5-8-7;1-5-8-11(4,9-6-2)10-7-3;1-4-7(8-5-2)9-6-3;1-5(7)3-2-4-6(8)9;2*1-6-4(7)2-3-5(6)8;1-2-3-4-5/h8-9,11H,2-7H2,1H3,(H,13,16)(H2,14,15,17);2-6H2,1H3;2-5H,1H3;4-6H,1-3H3;2-5H,1H3;3-6H,1-2H3;2-6H,1H3;2-5H,1H3;5-7H2,1-4H3;7H,4-6H2,1-3H3;2-4H2,1H3,(H,8,9);2-3H2,1H3;2-3H,1H3;4H,2-3H2,1H3/t8?,9-,11+;;;;;;;;;;;;;/m1............./s1. The molecule has 6 aliphatic rings. The second-order valence-electron chi connectivity index (χ2n) is 32.9. The number of carbonyl (C=O) groups is 18. The summed E-state index contributed by atoms with van der Waals surface area (Å²) in [6.45, 7) is 31.9. The summed E-state index contributed by atoms with van der Waals surface area (Å²) in [6.07, 6.45) is 16.7. The van der Waals surface area contributed by atoms with Crippen molar-refractivity contribution in [2.24, 2.45) is 5.92 Å². The number of aromatic nitrogens is 4. The zero-order chi connectivity index (χ0) is 113. The van der Waals surface area contributed by atoms with Gasteiger partial charge in [0.05, 0.1) is 47.9 Å². The van der Waals surface area contributed by atoms with Gasteiger partial charge >= 0.3 is 38.9 Å². The summed E-state index contributed by atoms with van der Waals surface area (Å²) >= 11 is 1.15. The molecule has 0 radical (unpaired) electrons. The molecular weight excluding hydrogens is 1990 g/mol. The molecule has 149 heavy (non-hydrogen) atoms. The molecule has 0 bridgehead atoms. The highest BCUT2D eigenvalue weighted by molar-refractivity contribution is 8.13. The fraction of sp³-hybridized carbons (Fsp3) is 0.476. The molecule has 1 saturated carbocycles. The van der Waals surface area contributed by atoms with Crippen molar-refractivity contribution in [3.8, 4) is 0 Å². The number of carboxylic acids is 1. The Labute approximate surface area is 878 Å². The van der Waals surface area contributed by atoms with Gasteiger partial charge in [0.2, 0.25) is 17.7 Å². The number of Topliss-reactive ketones (excluding diaryl/α,β-unsaturated/α-hetero) is 2. The van der Waals surface area contributed by atoms with Gasteiger partial charge in [-0.05, 0) is 211 Å². The van der Waals surface area contributed by atoms with Gasteiger partial charge < -0.3 is 72.5 Å². The van der Waals surface area contributed by atoms with Gasteiger partial charge in [0, 0.05) is 164 Å². The molecule has 5 aliphatic heterocycles. The number of nitrogens with one attached hydrogen (secondary N) is 3. The molecule has 4 fully saturated rings. The first-order valence-electron chi connectivity index (χ1n) is 48.5. The molecule has 13 rings (SSSR count). The molecule has 3 saturated heterocycles. The molecule has 7 heterocycles. The minimum atomic E-state index is -3.02. The predicted octanol–water partition coefficient (Wildman–Crippen LogP) is 14.4. The van der Waals surface area contributed by atoms with Crippen LogP contribution >= 0.6 is 11.8 Å². The number of fused-ring (bicyclic) bond motifs is 3. The van der Waals surface area contributed by atoms with Crippen LogP contribution in [0.15, 0.2) is 168 Å². The number of hydrogen-bond acceptors (Lipinski definition) is 33. The quantitative estimate of drug-likeness (QED) is 0.00458. The van der Waals surface area contributed by atoms with Crippen molar-refractivity contribution >= 4 is 148 Å². The number of likely N-dealkylation sites (N-methyl/N-ethyl adjacent to an activating group) is 1. The SMILES string of the molecule is CC(=O)CCCC(=O)O.CC(=O)CCCC(=O)ON1C(=O)CCC1=O.CC(=O)Sc1ccccn1.CCCC=O.CCOC(CC)OCC.CCO[Si](C)(OCC)OCC.CN1C(=O)C=CC1=O.CN1C(=O)CCC1=O.CN1C(=O)c2ccccc2C1=O.CNC(=O)CCCCC1CC[C@H]2NC(=O)N[C@@H]12.COC(=O)On1nnc2ccccc21.COC(=O)c1ccccc1.Cc1cc(C)cc(C)c1.Cc1ccc(S(C)(=O)=O)cc1. The lowest BCUT2D eigenvalue weighted by Gasteiger charge is -2.23. The number of ketones is 2. The Hall–Kier alpha value is -13.6. The van der Waals surface area contributed by atoms with Crippen molar-refractivity contribution in [2.45, 2.75) is 254 Å². The summed E-state index contributed by atoms with van der Waals surface area (Å²) in [4.78, 5) is 210. The third-order valence-electron chi connectivity index (χ3n) is 20.5. The first kappa shape index (κ1) is 135. The number of sulfone groups is 1. The normalized spacial score (nSPS) is 14.4. The van der Waals surface area contributed by atoms with E-state index in [2.05, 4.69) is 91.5 Å². The highest BCUT2D eigenvalue weighted by atomic mass is 32.2. The number of rotatable bonds is 31. The largest absolute Gasteiger partial charge is 0.534 e. The summed E-state index contributed by atoms with van der Waals surface area (Å²) in [6, 6.07) is 42.3. The van der Waals surface area contributed by atoms with Crippen molar-refractivity contribution in [2.75, 3.05) is 81.7 Å². The number of methoxy groups -OCH3 is 2. The first-order valence-corrected chi connectivity index (χ1v) is 53.4. The fourth-order valence-electron chi connectivity index (χ4n) is 13.2. The summed E-state index contributed by atoms with van der Waals surface area (Å²) in [7, 11) is 3.45. The van der Waals surface area contributed by atoms with Gasteiger partial charge in [-0.2, -0.15) is 0 Å². The van der Waals surface area contributed by atoms with E-state index in [1.54, 1.807) is 104 Å². The van der Waals surface area contributed by atoms with E-state index in [-0.39, 0.29) is 108 Å². The summed E-state index contributed by atoms with van der Waals surface area (Å²) in [5, 5.41) is 25.4. The minimum absolute atomic E-state index is 0.0128. The number of unbranched alkanes of at least 4 members (excludes halogenated alkanes) is 2. The number of esters is 1. The number of hydroxylamine groups is 2. The van der Waals surface area contributed by atoms with E-state index in [0.29, 0.717) is 120 Å². The molecule has 5 aromatic carbocycles.